The molecule has 0 saturated carbocycles. The van der Waals surface area contributed by atoms with Gasteiger partial charge in [-0.05, 0) is 12.1 Å². The predicted molar refractivity (Wildman–Crippen MR) is 70.6 cm³/mol. The lowest BCUT2D eigenvalue weighted by Gasteiger charge is -2.04. The first-order valence-corrected chi connectivity index (χ1v) is 4.94. The van der Waals surface area contributed by atoms with Crippen LogP contribution in [0.4, 0.5) is 0 Å². The maximum atomic E-state index is 9.05. The van der Waals surface area contributed by atoms with Crippen molar-refractivity contribution in [1.82, 2.24) is 14.9 Å². The van der Waals surface area contributed by atoms with Crippen molar-refractivity contribution in [3.63, 3.8) is 0 Å². The molecule has 0 spiro atoms. The minimum absolute atomic E-state index is 0. The monoisotopic (exact) mass is 248 g/mol. The molecule has 1 aromatic heterocycles. The second-order valence-electron chi connectivity index (χ2n) is 3.72. The van der Waals surface area contributed by atoms with Gasteiger partial charge >= 0.3 is 0 Å². The Hall–Kier alpha value is -1.99. The maximum Gasteiger partial charge on any atom is 0.150 e. The maximum absolute atomic E-state index is 9.05. The van der Waals surface area contributed by atoms with Gasteiger partial charge in [0.15, 0.2) is 5.82 Å². The van der Waals surface area contributed by atoms with E-state index in [2.05, 4.69) is 16.0 Å². The number of H-pyrrole nitrogens is 1. The number of allylic oxidation sites excluding steroid dienone is 1. The molecule has 17 heavy (non-hydrogen) atoms. The van der Waals surface area contributed by atoms with Crippen molar-refractivity contribution in [2.24, 2.45) is 0 Å². The van der Waals surface area contributed by atoms with E-state index in [-0.39, 0.29) is 12.4 Å². The SMILES string of the molecule is CN(C)/C=C(\C#N)c1nc2ccccc2[nH]1.Cl. The topological polar surface area (TPSA) is 55.7 Å². The fraction of sp³-hybridized carbons (Fsp3) is 0.167. The van der Waals surface area contributed by atoms with Crippen LogP contribution in [0.25, 0.3) is 16.6 Å². The van der Waals surface area contributed by atoms with Gasteiger partial charge in [0.1, 0.15) is 11.6 Å². The van der Waals surface area contributed by atoms with Gasteiger partial charge in [-0.15, -0.1) is 12.4 Å². The zero-order valence-electron chi connectivity index (χ0n) is 9.64. The first-order valence-electron chi connectivity index (χ1n) is 4.94. The number of imidazole rings is 1. The van der Waals surface area contributed by atoms with Gasteiger partial charge in [-0.25, -0.2) is 4.98 Å². The van der Waals surface area contributed by atoms with E-state index in [4.69, 9.17) is 5.26 Å². The molecule has 0 atom stereocenters. The molecular weight excluding hydrogens is 236 g/mol. The Morgan fingerprint density at radius 3 is 2.71 bits per heavy atom. The van der Waals surface area contributed by atoms with Crippen molar-refractivity contribution in [2.45, 2.75) is 0 Å². The highest BCUT2D eigenvalue weighted by atomic mass is 35.5. The average Bonchev–Trinajstić information content (AvgIpc) is 2.68. The summed E-state index contributed by atoms with van der Waals surface area (Å²) in [4.78, 5) is 9.31. The molecule has 0 saturated heterocycles. The molecule has 88 valence electrons. The van der Waals surface area contributed by atoms with Crippen LogP contribution in [0.1, 0.15) is 5.82 Å². The zero-order valence-corrected chi connectivity index (χ0v) is 10.5. The molecule has 5 heteroatoms. The van der Waals surface area contributed by atoms with Crippen LogP contribution in [0.3, 0.4) is 0 Å². The van der Waals surface area contributed by atoms with Crippen LogP contribution in [0, 0.1) is 11.3 Å². The number of halogens is 1. The summed E-state index contributed by atoms with van der Waals surface area (Å²) < 4.78 is 0. The number of hydrogen-bond acceptors (Lipinski definition) is 3. The number of rotatable bonds is 2. The quantitative estimate of drug-likeness (QED) is 0.831. The fourth-order valence-electron chi connectivity index (χ4n) is 1.48. The second-order valence-corrected chi connectivity index (χ2v) is 3.72. The van der Waals surface area contributed by atoms with E-state index in [1.807, 2.05) is 43.3 Å². The summed E-state index contributed by atoms with van der Waals surface area (Å²) in [6, 6.07) is 9.86. The lowest BCUT2D eigenvalue weighted by atomic mass is 10.3. The predicted octanol–water partition coefficient (Wildman–Crippen LogP) is 2.41. The van der Waals surface area contributed by atoms with Crippen LogP contribution in [0.15, 0.2) is 30.5 Å². The molecule has 1 heterocycles. The molecule has 0 unspecified atom stereocenters. The summed E-state index contributed by atoms with van der Waals surface area (Å²) in [6.07, 6.45) is 1.75. The second kappa shape index (κ2) is 5.37. The first kappa shape index (κ1) is 13.1. The summed E-state index contributed by atoms with van der Waals surface area (Å²) in [6.45, 7) is 0. The third-order valence-corrected chi connectivity index (χ3v) is 2.15. The number of hydrogen-bond donors (Lipinski definition) is 1. The molecule has 2 rings (SSSR count). The molecule has 0 radical (unpaired) electrons. The van der Waals surface area contributed by atoms with Gasteiger partial charge in [0.25, 0.3) is 0 Å². The largest absolute Gasteiger partial charge is 0.382 e. The summed E-state index contributed by atoms with van der Waals surface area (Å²) >= 11 is 0. The van der Waals surface area contributed by atoms with E-state index in [0.29, 0.717) is 11.4 Å². The van der Waals surface area contributed by atoms with Gasteiger partial charge in [0, 0.05) is 20.3 Å². The number of para-hydroxylation sites is 2. The van der Waals surface area contributed by atoms with E-state index in [1.165, 1.54) is 0 Å². The molecule has 0 aliphatic heterocycles. The van der Waals surface area contributed by atoms with Crippen LogP contribution in [0.2, 0.25) is 0 Å². The Morgan fingerprint density at radius 1 is 1.41 bits per heavy atom. The minimum atomic E-state index is 0. The van der Waals surface area contributed by atoms with E-state index < -0.39 is 0 Å². The summed E-state index contributed by atoms with van der Waals surface area (Å²) in [7, 11) is 3.75. The Labute approximate surface area is 106 Å². The van der Waals surface area contributed by atoms with Crippen LogP contribution >= 0.6 is 12.4 Å². The molecule has 2 aromatic rings. The fourth-order valence-corrected chi connectivity index (χ4v) is 1.48. The van der Waals surface area contributed by atoms with Crippen molar-refractivity contribution in [2.75, 3.05) is 14.1 Å². The Kier molecular flexibility index (Phi) is 4.13. The van der Waals surface area contributed by atoms with Crippen LogP contribution in [-0.4, -0.2) is 29.0 Å². The highest BCUT2D eigenvalue weighted by molar-refractivity contribution is 5.85. The summed E-state index contributed by atoms with van der Waals surface area (Å²) in [5, 5.41) is 9.05. The number of benzene rings is 1. The van der Waals surface area contributed by atoms with E-state index >= 15 is 0 Å². The van der Waals surface area contributed by atoms with E-state index in [0.717, 1.165) is 11.0 Å². The molecule has 0 aliphatic carbocycles. The molecule has 0 fully saturated rings. The number of aromatic nitrogens is 2. The standard InChI is InChI=1S/C12H12N4.ClH/c1-16(2)8-9(7-13)12-14-10-5-3-4-6-11(10)15-12;/h3-6,8H,1-2H3,(H,14,15);1H/b9-8+;. The lowest BCUT2D eigenvalue weighted by molar-refractivity contribution is 0.566. The van der Waals surface area contributed by atoms with Crippen molar-refractivity contribution in [1.29, 1.82) is 5.26 Å². The average molecular weight is 249 g/mol. The zero-order chi connectivity index (χ0) is 11.5. The molecular formula is C12H13ClN4. The number of nitrogens with one attached hydrogen (secondary N) is 1. The normalized spacial score (nSPS) is 10.8. The van der Waals surface area contributed by atoms with Crippen molar-refractivity contribution < 1.29 is 0 Å². The lowest BCUT2D eigenvalue weighted by Crippen LogP contribution is -2.02. The van der Waals surface area contributed by atoms with Gasteiger partial charge in [0.05, 0.1) is 11.0 Å². The molecule has 0 amide bonds. The first-order chi connectivity index (χ1) is 7.70. The van der Waals surface area contributed by atoms with Crippen LogP contribution in [0.5, 0.6) is 0 Å². The van der Waals surface area contributed by atoms with Gasteiger partial charge in [-0.2, -0.15) is 5.26 Å². The third kappa shape index (κ3) is 2.77. The van der Waals surface area contributed by atoms with Gasteiger partial charge in [0.2, 0.25) is 0 Å². The van der Waals surface area contributed by atoms with Crippen molar-refractivity contribution in [3.8, 4) is 6.07 Å². The van der Waals surface area contributed by atoms with Gasteiger partial charge < -0.3 is 9.88 Å². The smallest absolute Gasteiger partial charge is 0.150 e. The number of aromatic amines is 1. The summed E-state index contributed by atoms with van der Waals surface area (Å²) in [5.41, 5.74) is 2.34. The number of nitriles is 1. The minimum Gasteiger partial charge on any atom is -0.382 e. The van der Waals surface area contributed by atoms with Gasteiger partial charge in [-0.3, -0.25) is 0 Å². The third-order valence-electron chi connectivity index (χ3n) is 2.15. The highest BCUT2D eigenvalue weighted by Crippen LogP contribution is 2.16. The van der Waals surface area contributed by atoms with Crippen molar-refractivity contribution in [3.05, 3.63) is 36.3 Å². The van der Waals surface area contributed by atoms with Crippen LogP contribution in [-0.2, 0) is 0 Å². The van der Waals surface area contributed by atoms with Crippen molar-refractivity contribution >= 4 is 29.0 Å². The number of fused-ring (bicyclic) bond motifs is 1. The van der Waals surface area contributed by atoms with Gasteiger partial charge in [-0.1, -0.05) is 12.1 Å². The van der Waals surface area contributed by atoms with E-state index in [9.17, 15) is 0 Å². The molecule has 1 aromatic carbocycles. The van der Waals surface area contributed by atoms with Crippen LogP contribution < -0.4 is 0 Å². The highest BCUT2D eigenvalue weighted by Gasteiger charge is 2.07. The Morgan fingerprint density at radius 2 is 2.12 bits per heavy atom. The molecule has 4 nitrogen and oxygen atoms in total. The molecule has 0 bridgehead atoms. The number of nitrogens with zero attached hydrogens (tertiary/aromatic N) is 3. The molecule has 0 aliphatic rings. The van der Waals surface area contributed by atoms with E-state index in [1.54, 1.807) is 6.20 Å². The summed E-state index contributed by atoms with van der Waals surface area (Å²) in [5.74, 6) is 0.609. The Balaban J connectivity index is 0.00000144. The molecule has 1 N–H and O–H groups in total. The Bertz CT molecular complexity index is 544.